The van der Waals surface area contributed by atoms with Crippen LogP contribution >= 0.6 is 0 Å². The second kappa shape index (κ2) is 7.48. The second-order valence-corrected chi connectivity index (χ2v) is 7.47. The van der Waals surface area contributed by atoms with Crippen LogP contribution in [0.5, 0.6) is 0 Å². The maximum atomic E-state index is 12.7. The van der Waals surface area contributed by atoms with Gasteiger partial charge in [0.2, 0.25) is 0 Å². The van der Waals surface area contributed by atoms with Crippen LogP contribution in [0.3, 0.4) is 0 Å². The molecule has 3 nitrogen and oxygen atoms in total. The Balaban J connectivity index is 1.65. The first kappa shape index (κ1) is 16.5. The molecule has 2 unspecified atom stereocenters. The molecule has 2 aliphatic rings. The molecule has 1 saturated heterocycles. The van der Waals surface area contributed by atoms with Gasteiger partial charge in [0.1, 0.15) is 0 Å². The summed E-state index contributed by atoms with van der Waals surface area (Å²) in [7, 11) is 0. The molecule has 0 radical (unpaired) electrons. The fraction of sp³-hybridized carbons (Fsp3) is 0.650. The summed E-state index contributed by atoms with van der Waals surface area (Å²) in [4.78, 5) is 14.7. The molecule has 23 heavy (non-hydrogen) atoms. The van der Waals surface area contributed by atoms with Gasteiger partial charge in [-0.2, -0.15) is 0 Å². The number of nitrogens with two attached hydrogens (primary N) is 1. The van der Waals surface area contributed by atoms with Gasteiger partial charge in [-0.1, -0.05) is 31.4 Å². The number of hydrogen-bond acceptors (Lipinski definition) is 2. The van der Waals surface area contributed by atoms with Crippen molar-refractivity contribution in [3.8, 4) is 0 Å². The minimum atomic E-state index is 0.166. The topological polar surface area (TPSA) is 46.3 Å². The third kappa shape index (κ3) is 3.95. The minimum absolute atomic E-state index is 0.166. The first-order valence-corrected chi connectivity index (χ1v) is 9.30. The summed E-state index contributed by atoms with van der Waals surface area (Å²) >= 11 is 0. The molecule has 2 fully saturated rings. The number of rotatable bonds is 3. The van der Waals surface area contributed by atoms with Crippen LogP contribution in [0, 0.1) is 5.92 Å². The van der Waals surface area contributed by atoms with Crippen molar-refractivity contribution in [2.75, 3.05) is 13.1 Å². The highest BCUT2D eigenvalue weighted by molar-refractivity contribution is 5.94. The lowest BCUT2D eigenvalue weighted by molar-refractivity contribution is 0.0661. The van der Waals surface area contributed by atoms with E-state index in [1.807, 2.05) is 17.0 Å². The summed E-state index contributed by atoms with van der Waals surface area (Å²) in [6.07, 6.45) is 8.88. The molecule has 0 spiro atoms. The number of carbonyl (C=O) groups is 1. The Morgan fingerprint density at radius 3 is 2.43 bits per heavy atom. The fourth-order valence-electron chi connectivity index (χ4n) is 4.14. The third-order valence-electron chi connectivity index (χ3n) is 5.72. The van der Waals surface area contributed by atoms with E-state index in [1.165, 1.54) is 37.7 Å². The van der Waals surface area contributed by atoms with Gasteiger partial charge in [0.15, 0.2) is 0 Å². The maximum absolute atomic E-state index is 12.7. The molecule has 126 valence electrons. The molecule has 1 aliphatic heterocycles. The Morgan fingerprint density at radius 2 is 1.78 bits per heavy atom. The third-order valence-corrected chi connectivity index (χ3v) is 5.72. The number of piperidine rings is 1. The minimum Gasteiger partial charge on any atom is -0.338 e. The van der Waals surface area contributed by atoms with Gasteiger partial charge in [-0.25, -0.2) is 0 Å². The fourth-order valence-corrected chi connectivity index (χ4v) is 4.14. The maximum Gasteiger partial charge on any atom is 0.253 e. The van der Waals surface area contributed by atoms with Crippen molar-refractivity contribution < 1.29 is 4.79 Å². The lowest BCUT2D eigenvalue weighted by atomic mass is 9.84. The van der Waals surface area contributed by atoms with E-state index in [4.69, 9.17) is 5.73 Å². The Morgan fingerprint density at radius 1 is 1.09 bits per heavy atom. The second-order valence-electron chi connectivity index (χ2n) is 7.47. The lowest BCUT2D eigenvalue weighted by Gasteiger charge is -2.34. The lowest BCUT2D eigenvalue weighted by Crippen LogP contribution is -2.45. The molecule has 3 rings (SSSR count). The van der Waals surface area contributed by atoms with Gasteiger partial charge >= 0.3 is 0 Å². The molecule has 0 aromatic heterocycles. The molecule has 3 heteroatoms. The smallest absolute Gasteiger partial charge is 0.253 e. The normalized spacial score (nSPS) is 24.4. The highest BCUT2D eigenvalue weighted by Crippen LogP contribution is 2.32. The van der Waals surface area contributed by atoms with Crippen molar-refractivity contribution in [1.82, 2.24) is 4.90 Å². The number of nitrogens with zero attached hydrogens (tertiary/aromatic N) is 1. The summed E-state index contributed by atoms with van der Waals surface area (Å²) in [6.45, 7) is 3.73. The van der Waals surface area contributed by atoms with Crippen molar-refractivity contribution in [2.45, 2.75) is 63.8 Å². The molecule has 1 heterocycles. The summed E-state index contributed by atoms with van der Waals surface area (Å²) in [5.41, 5.74) is 8.27. The van der Waals surface area contributed by atoms with Gasteiger partial charge in [-0.15, -0.1) is 0 Å². The molecule has 2 atom stereocenters. The monoisotopic (exact) mass is 314 g/mol. The summed E-state index contributed by atoms with van der Waals surface area (Å²) in [6, 6.07) is 8.58. The van der Waals surface area contributed by atoms with E-state index in [-0.39, 0.29) is 11.9 Å². The molecular weight excluding hydrogens is 284 g/mol. The van der Waals surface area contributed by atoms with Crippen LogP contribution in [-0.2, 0) is 0 Å². The average molecular weight is 314 g/mol. The van der Waals surface area contributed by atoms with E-state index in [0.717, 1.165) is 31.5 Å². The number of carbonyl (C=O) groups excluding carboxylic acids is 1. The standard InChI is InChI=1S/C20H30N2O/c1-15(21)19-8-5-13-22(14-19)20(23)18-11-9-17(10-12-18)16-6-3-2-4-7-16/h9-12,15-16,19H,2-8,13-14,21H2,1H3. The number of amides is 1. The zero-order chi connectivity index (χ0) is 16.2. The molecule has 0 bridgehead atoms. The molecule has 1 aromatic carbocycles. The molecule has 1 amide bonds. The highest BCUT2D eigenvalue weighted by atomic mass is 16.2. The van der Waals surface area contributed by atoms with E-state index >= 15 is 0 Å². The first-order valence-electron chi connectivity index (χ1n) is 9.30. The van der Waals surface area contributed by atoms with E-state index in [0.29, 0.717) is 11.8 Å². The van der Waals surface area contributed by atoms with E-state index in [2.05, 4.69) is 19.1 Å². The average Bonchev–Trinajstić information content (AvgIpc) is 2.62. The van der Waals surface area contributed by atoms with Gasteiger partial charge in [0, 0.05) is 24.7 Å². The van der Waals surface area contributed by atoms with E-state index in [1.54, 1.807) is 0 Å². The predicted molar refractivity (Wildman–Crippen MR) is 94.5 cm³/mol. The summed E-state index contributed by atoms with van der Waals surface area (Å²) in [5, 5.41) is 0. The van der Waals surface area contributed by atoms with Gasteiger partial charge in [-0.3, -0.25) is 4.79 Å². The van der Waals surface area contributed by atoms with Gasteiger partial charge in [0.25, 0.3) is 5.91 Å². The van der Waals surface area contributed by atoms with Gasteiger partial charge in [-0.05, 0) is 62.1 Å². The quantitative estimate of drug-likeness (QED) is 0.918. The highest BCUT2D eigenvalue weighted by Gasteiger charge is 2.26. The summed E-state index contributed by atoms with van der Waals surface area (Å²) in [5.74, 6) is 1.31. The van der Waals surface area contributed by atoms with Crippen LogP contribution in [0.4, 0.5) is 0 Å². The number of likely N-dealkylation sites (tertiary alicyclic amines) is 1. The Hall–Kier alpha value is -1.35. The van der Waals surface area contributed by atoms with E-state index < -0.39 is 0 Å². The van der Waals surface area contributed by atoms with Crippen molar-refractivity contribution in [3.63, 3.8) is 0 Å². The molecular formula is C20H30N2O. The van der Waals surface area contributed by atoms with Crippen molar-refractivity contribution >= 4 is 5.91 Å². The van der Waals surface area contributed by atoms with Crippen LogP contribution in [0.25, 0.3) is 0 Å². The number of hydrogen-bond donors (Lipinski definition) is 1. The van der Waals surface area contributed by atoms with Gasteiger partial charge in [0.05, 0.1) is 0 Å². The molecule has 2 N–H and O–H groups in total. The van der Waals surface area contributed by atoms with Crippen LogP contribution in [0.2, 0.25) is 0 Å². The SMILES string of the molecule is CC(N)C1CCCN(C(=O)c2ccc(C3CCCCC3)cc2)C1. The van der Waals surface area contributed by atoms with Gasteiger partial charge < -0.3 is 10.6 Å². The zero-order valence-electron chi connectivity index (χ0n) is 14.3. The first-order chi connectivity index (χ1) is 11.1. The van der Waals surface area contributed by atoms with Crippen LogP contribution in [-0.4, -0.2) is 29.9 Å². The Bertz CT molecular complexity index is 517. The van der Waals surface area contributed by atoms with E-state index in [9.17, 15) is 4.79 Å². The zero-order valence-corrected chi connectivity index (χ0v) is 14.3. The van der Waals surface area contributed by atoms with Crippen LogP contribution in [0.1, 0.15) is 73.7 Å². The largest absolute Gasteiger partial charge is 0.338 e. The molecule has 1 saturated carbocycles. The van der Waals surface area contributed by atoms with Crippen molar-refractivity contribution in [2.24, 2.45) is 11.7 Å². The van der Waals surface area contributed by atoms with Crippen LogP contribution < -0.4 is 5.73 Å². The molecule has 1 aliphatic carbocycles. The van der Waals surface area contributed by atoms with Crippen LogP contribution in [0.15, 0.2) is 24.3 Å². The Labute approximate surface area is 140 Å². The number of benzene rings is 1. The van der Waals surface area contributed by atoms with Crippen molar-refractivity contribution in [1.29, 1.82) is 0 Å². The summed E-state index contributed by atoms with van der Waals surface area (Å²) < 4.78 is 0. The predicted octanol–water partition coefficient (Wildman–Crippen LogP) is 3.93. The Kier molecular flexibility index (Phi) is 5.37. The van der Waals surface area contributed by atoms with Crippen molar-refractivity contribution in [3.05, 3.63) is 35.4 Å². The molecule has 1 aromatic rings.